The fraction of sp³-hybridized carbons (Fsp3) is 0.0833. The van der Waals surface area contributed by atoms with Gasteiger partial charge in [0.1, 0.15) is 11.4 Å². The topological polar surface area (TPSA) is 98.8 Å². The summed E-state index contributed by atoms with van der Waals surface area (Å²) in [6.45, 7) is -2.89. The second-order valence-corrected chi connectivity index (χ2v) is 4.13. The predicted molar refractivity (Wildman–Crippen MR) is 68.9 cm³/mol. The van der Waals surface area contributed by atoms with Crippen LogP contribution in [0.25, 0.3) is 22.6 Å². The van der Waals surface area contributed by atoms with Crippen molar-refractivity contribution >= 4 is 17.1 Å². The van der Waals surface area contributed by atoms with E-state index in [2.05, 4.69) is 19.8 Å². The summed E-state index contributed by atoms with van der Waals surface area (Å²) in [6.07, 6.45) is 1.40. The van der Waals surface area contributed by atoms with E-state index in [0.29, 0.717) is 22.6 Å². The number of rotatable bonds is 3. The number of hydrogen-bond donors (Lipinski definition) is 2. The molecular weight excluding hydrogens is 284 g/mol. The highest BCUT2D eigenvalue weighted by Gasteiger charge is 2.11. The Balaban J connectivity index is 1.98. The number of nitrogens with one attached hydrogen (secondary N) is 1. The minimum absolute atomic E-state index is 0.0235. The zero-order valence-electron chi connectivity index (χ0n) is 10.5. The molecule has 0 spiro atoms. The molecule has 108 valence electrons. The zero-order valence-corrected chi connectivity index (χ0v) is 10.5. The van der Waals surface area contributed by atoms with E-state index in [9.17, 15) is 13.6 Å². The molecule has 3 rings (SSSR count). The summed E-state index contributed by atoms with van der Waals surface area (Å²) in [5.41, 5.74) is 6.56. The number of H-pyrrole nitrogens is 1. The lowest BCUT2D eigenvalue weighted by Crippen LogP contribution is -2.19. The number of fused-ring (bicyclic) bond motifs is 1. The molecule has 0 atom stereocenters. The number of ether oxygens (including phenoxy) is 1. The van der Waals surface area contributed by atoms with E-state index >= 15 is 0 Å². The summed E-state index contributed by atoms with van der Waals surface area (Å²) in [7, 11) is 0. The van der Waals surface area contributed by atoms with Crippen LogP contribution in [0.1, 0.15) is 0 Å². The lowest BCUT2D eigenvalue weighted by molar-refractivity contribution is -0.0497. The Morgan fingerprint density at radius 3 is 2.86 bits per heavy atom. The molecule has 3 N–H and O–H groups in total. The van der Waals surface area contributed by atoms with Crippen molar-refractivity contribution in [2.24, 2.45) is 5.73 Å². The van der Waals surface area contributed by atoms with Crippen molar-refractivity contribution in [3.8, 4) is 17.3 Å². The smallest absolute Gasteiger partial charge is 0.387 e. The van der Waals surface area contributed by atoms with Gasteiger partial charge < -0.3 is 15.5 Å². The number of aromatic nitrogens is 4. The fourth-order valence-electron chi connectivity index (χ4n) is 1.86. The van der Waals surface area contributed by atoms with Crippen LogP contribution in [0.2, 0.25) is 0 Å². The fourth-order valence-corrected chi connectivity index (χ4v) is 1.86. The Hall–Kier alpha value is -2.97. The lowest BCUT2D eigenvalue weighted by Gasteiger charge is -2.02. The van der Waals surface area contributed by atoms with Gasteiger partial charge in [0, 0.05) is 12.3 Å². The van der Waals surface area contributed by atoms with Crippen LogP contribution >= 0.6 is 0 Å². The quantitative estimate of drug-likeness (QED) is 0.771. The van der Waals surface area contributed by atoms with E-state index in [0.717, 1.165) is 4.68 Å². The van der Waals surface area contributed by atoms with Crippen molar-refractivity contribution in [2.75, 3.05) is 0 Å². The van der Waals surface area contributed by atoms with Crippen LogP contribution in [0.5, 0.6) is 5.75 Å². The summed E-state index contributed by atoms with van der Waals surface area (Å²) in [5.74, 6) is 0.412. The largest absolute Gasteiger partial charge is 0.435 e. The highest BCUT2D eigenvalue weighted by Crippen LogP contribution is 2.23. The number of primary amides is 1. The Kier molecular flexibility index (Phi) is 3.01. The molecule has 0 fully saturated rings. The number of benzene rings is 1. The van der Waals surface area contributed by atoms with Crippen molar-refractivity contribution in [1.82, 2.24) is 19.7 Å². The molecule has 0 aliphatic carbocycles. The molecule has 2 aromatic heterocycles. The second-order valence-electron chi connectivity index (χ2n) is 4.13. The molecular formula is C12H9F2N5O2. The van der Waals surface area contributed by atoms with Gasteiger partial charge in [0.25, 0.3) is 0 Å². The molecule has 1 amide bonds. The molecule has 0 saturated carbocycles. The summed E-state index contributed by atoms with van der Waals surface area (Å²) in [4.78, 5) is 18.1. The average Bonchev–Trinajstić information content (AvgIpc) is 3.03. The van der Waals surface area contributed by atoms with Crippen molar-refractivity contribution in [3.63, 3.8) is 0 Å². The van der Waals surface area contributed by atoms with Gasteiger partial charge in [0.15, 0.2) is 5.82 Å². The monoisotopic (exact) mass is 293 g/mol. The summed E-state index contributed by atoms with van der Waals surface area (Å²) in [5, 5.41) is 3.94. The third kappa shape index (κ3) is 2.53. The van der Waals surface area contributed by atoms with Crippen molar-refractivity contribution in [1.29, 1.82) is 0 Å². The van der Waals surface area contributed by atoms with Crippen molar-refractivity contribution in [3.05, 3.63) is 30.5 Å². The van der Waals surface area contributed by atoms with E-state index in [1.54, 1.807) is 6.07 Å². The molecule has 0 aliphatic heterocycles. The van der Waals surface area contributed by atoms with Crippen LogP contribution in [0.3, 0.4) is 0 Å². The number of halogens is 2. The molecule has 0 aliphatic rings. The number of amides is 1. The average molecular weight is 293 g/mol. The molecule has 2 heterocycles. The number of alkyl halides is 2. The number of carbonyl (C=O) groups excluding carboxylic acids is 1. The van der Waals surface area contributed by atoms with Gasteiger partial charge in [-0.05, 0) is 18.2 Å². The molecule has 7 nitrogen and oxygen atoms in total. The first-order valence-electron chi connectivity index (χ1n) is 5.83. The SMILES string of the molecule is NC(=O)n1ccc(-c2nc3ccc(OC(F)F)cc3[nH]2)n1. The number of aromatic amines is 1. The summed E-state index contributed by atoms with van der Waals surface area (Å²) < 4.78 is 29.6. The number of imidazole rings is 1. The highest BCUT2D eigenvalue weighted by molar-refractivity contribution is 5.80. The first kappa shape index (κ1) is 13.0. The van der Waals surface area contributed by atoms with Gasteiger partial charge in [-0.25, -0.2) is 9.78 Å². The molecule has 9 heteroatoms. The minimum Gasteiger partial charge on any atom is -0.435 e. The predicted octanol–water partition coefficient (Wildman–Crippen LogP) is 1.95. The first-order valence-corrected chi connectivity index (χ1v) is 5.83. The normalized spacial score (nSPS) is 11.2. The van der Waals surface area contributed by atoms with Gasteiger partial charge in [0.05, 0.1) is 11.0 Å². The highest BCUT2D eigenvalue weighted by atomic mass is 19.3. The maximum Gasteiger partial charge on any atom is 0.387 e. The van der Waals surface area contributed by atoms with E-state index in [4.69, 9.17) is 5.73 Å². The van der Waals surface area contributed by atoms with E-state index < -0.39 is 12.6 Å². The van der Waals surface area contributed by atoms with Crippen LogP contribution in [0, 0.1) is 0 Å². The van der Waals surface area contributed by atoms with Crippen molar-refractivity contribution in [2.45, 2.75) is 6.61 Å². The number of nitrogens with zero attached hydrogens (tertiary/aromatic N) is 3. The number of hydrogen-bond acceptors (Lipinski definition) is 4. The zero-order chi connectivity index (χ0) is 15.0. The van der Waals surface area contributed by atoms with Gasteiger partial charge in [-0.15, -0.1) is 0 Å². The van der Waals surface area contributed by atoms with Gasteiger partial charge in [-0.2, -0.15) is 18.6 Å². The summed E-state index contributed by atoms with van der Waals surface area (Å²) >= 11 is 0. The van der Waals surface area contributed by atoms with Crippen LogP contribution in [0.4, 0.5) is 13.6 Å². The standard InChI is InChI=1S/C12H9F2N5O2/c13-11(14)21-6-1-2-7-9(5-6)17-10(16-7)8-3-4-19(18-8)12(15)20/h1-5,11H,(H2,15,20)(H,16,17). The second kappa shape index (κ2) is 4.85. The van der Waals surface area contributed by atoms with E-state index in [-0.39, 0.29) is 5.75 Å². The minimum atomic E-state index is -2.89. The third-order valence-electron chi connectivity index (χ3n) is 2.74. The third-order valence-corrected chi connectivity index (χ3v) is 2.74. The van der Waals surface area contributed by atoms with Gasteiger partial charge in [0.2, 0.25) is 0 Å². The van der Waals surface area contributed by atoms with Gasteiger partial charge in [-0.3, -0.25) is 0 Å². The van der Waals surface area contributed by atoms with Gasteiger partial charge in [-0.1, -0.05) is 0 Å². The maximum absolute atomic E-state index is 12.2. The van der Waals surface area contributed by atoms with Crippen LogP contribution < -0.4 is 10.5 Å². The Labute approximate surface area is 116 Å². The maximum atomic E-state index is 12.2. The summed E-state index contributed by atoms with van der Waals surface area (Å²) in [6, 6.07) is 5.17. The Bertz CT molecular complexity index is 811. The molecule has 1 aromatic carbocycles. The first-order chi connectivity index (χ1) is 10.0. The molecule has 0 saturated heterocycles. The molecule has 3 aromatic rings. The molecule has 21 heavy (non-hydrogen) atoms. The molecule has 0 unspecified atom stereocenters. The Morgan fingerprint density at radius 2 is 2.19 bits per heavy atom. The van der Waals surface area contributed by atoms with Crippen LogP contribution in [0.15, 0.2) is 30.5 Å². The van der Waals surface area contributed by atoms with Crippen molar-refractivity contribution < 1.29 is 18.3 Å². The van der Waals surface area contributed by atoms with Crippen LogP contribution in [-0.4, -0.2) is 32.4 Å². The molecule has 0 bridgehead atoms. The molecule has 0 radical (unpaired) electrons. The Morgan fingerprint density at radius 1 is 1.38 bits per heavy atom. The number of nitrogens with two attached hydrogens (primary N) is 1. The van der Waals surface area contributed by atoms with Gasteiger partial charge >= 0.3 is 12.6 Å². The van der Waals surface area contributed by atoms with E-state index in [1.807, 2.05) is 0 Å². The number of carbonyl (C=O) groups is 1. The van der Waals surface area contributed by atoms with Crippen LogP contribution in [-0.2, 0) is 0 Å². The lowest BCUT2D eigenvalue weighted by atomic mass is 10.3. The van der Waals surface area contributed by atoms with E-state index in [1.165, 1.54) is 24.4 Å².